The Bertz CT molecular complexity index is 385. The largest absolute Gasteiger partial charge is 0.507 e. The lowest BCUT2D eigenvalue weighted by molar-refractivity contribution is 0.173. The van der Waals surface area contributed by atoms with E-state index in [4.69, 9.17) is 10.2 Å². The third-order valence-corrected chi connectivity index (χ3v) is 3.24. The first-order valence-corrected chi connectivity index (χ1v) is 6.79. The van der Waals surface area contributed by atoms with Crippen LogP contribution in [0.3, 0.4) is 0 Å². The quantitative estimate of drug-likeness (QED) is 0.715. The molecule has 0 amide bonds. The molecule has 0 heterocycles. The maximum atomic E-state index is 10.0. The summed E-state index contributed by atoms with van der Waals surface area (Å²) in [5.74, 6) is 0.296. The first-order valence-electron chi connectivity index (χ1n) is 6.00. The lowest BCUT2D eigenvalue weighted by atomic mass is 10.1. The van der Waals surface area contributed by atoms with Crippen molar-refractivity contribution in [2.45, 2.75) is 19.9 Å². The molecule has 18 heavy (non-hydrogen) atoms. The fourth-order valence-electron chi connectivity index (χ4n) is 1.87. The van der Waals surface area contributed by atoms with Crippen LogP contribution in [0.4, 0.5) is 0 Å². The number of phenolic OH excluding ortho intramolecular Hbond substituents is 1. The number of phenols is 1. The highest BCUT2D eigenvalue weighted by molar-refractivity contribution is 9.10. The highest BCUT2D eigenvalue weighted by Crippen LogP contribution is 2.27. The van der Waals surface area contributed by atoms with Gasteiger partial charge in [0.1, 0.15) is 5.75 Å². The van der Waals surface area contributed by atoms with E-state index in [0.29, 0.717) is 31.8 Å². The van der Waals surface area contributed by atoms with Crippen molar-refractivity contribution in [2.75, 3.05) is 26.3 Å². The van der Waals surface area contributed by atoms with Gasteiger partial charge in [-0.3, -0.25) is 4.90 Å². The maximum absolute atomic E-state index is 10.0. The Morgan fingerprint density at radius 2 is 1.89 bits per heavy atom. The summed E-state index contributed by atoms with van der Waals surface area (Å²) in [7, 11) is 0. The molecule has 0 aromatic heterocycles. The predicted octanol–water partition coefficient (Wildman–Crippen LogP) is 1.64. The Balaban J connectivity index is 2.79. The highest BCUT2D eigenvalue weighted by atomic mass is 79.9. The molecule has 0 unspecified atom stereocenters. The topological polar surface area (TPSA) is 63.9 Å². The number of aliphatic hydroxyl groups excluding tert-OH is 2. The summed E-state index contributed by atoms with van der Waals surface area (Å²) in [6.07, 6.45) is 0.660. The van der Waals surface area contributed by atoms with Gasteiger partial charge in [0, 0.05) is 36.3 Å². The van der Waals surface area contributed by atoms with Crippen LogP contribution in [-0.2, 0) is 6.54 Å². The summed E-state index contributed by atoms with van der Waals surface area (Å²) < 4.78 is 0.930. The van der Waals surface area contributed by atoms with Crippen LogP contribution in [0.1, 0.15) is 17.5 Å². The molecule has 5 heteroatoms. The van der Waals surface area contributed by atoms with Gasteiger partial charge in [0.25, 0.3) is 0 Å². The Morgan fingerprint density at radius 1 is 1.17 bits per heavy atom. The SMILES string of the molecule is Cc1cc(Br)cc(CN(CCO)CCCO)c1O. The number of halogens is 1. The van der Waals surface area contributed by atoms with Gasteiger partial charge in [0.2, 0.25) is 0 Å². The molecule has 1 aromatic carbocycles. The third kappa shape index (κ3) is 4.57. The Labute approximate surface area is 116 Å². The zero-order valence-electron chi connectivity index (χ0n) is 10.6. The summed E-state index contributed by atoms with van der Waals surface area (Å²) in [5.41, 5.74) is 1.65. The molecule has 1 aromatic rings. The van der Waals surface area contributed by atoms with Gasteiger partial charge in [-0.1, -0.05) is 15.9 Å². The van der Waals surface area contributed by atoms with Crippen LogP contribution in [-0.4, -0.2) is 46.5 Å². The summed E-state index contributed by atoms with van der Waals surface area (Å²) >= 11 is 3.41. The zero-order chi connectivity index (χ0) is 13.5. The van der Waals surface area contributed by atoms with E-state index < -0.39 is 0 Å². The molecule has 102 valence electrons. The molecule has 3 N–H and O–H groups in total. The number of aryl methyl sites for hydroxylation is 1. The van der Waals surface area contributed by atoms with Crippen LogP contribution < -0.4 is 0 Å². The van der Waals surface area contributed by atoms with E-state index in [2.05, 4.69) is 15.9 Å². The van der Waals surface area contributed by atoms with Crippen molar-refractivity contribution < 1.29 is 15.3 Å². The van der Waals surface area contributed by atoms with Crippen molar-refractivity contribution in [1.82, 2.24) is 4.90 Å². The maximum Gasteiger partial charge on any atom is 0.123 e. The summed E-state index contributed by atoms with van der Waals surface area (Å²) in [4.78, 5) is 2.01. The second kappa shape index (κ2) is 7.74. The van der Waals surface area contributed by atoms with Gasteiger partial charge in [-0.15, -0.1) is 0 Å². The lowest BCUT2D eigenvalue weighted by Crippen LogP contribution is -2.28. The predicted molar refractivity (Wildman–Crippen MR) is 74.6 cm³/mol. The molecule has 0 spiro atoms. The molecule has 0 bridgehead atoms. The molecule has 0 aliphatic heterocycles. The molecule has 0 aliphatic carbocycles. The van der Waals surface area contributed by atoms with Crippen molar-refractivity contribution in [3.63, 3.8) is 0 Å². The van der Waals surface area contributed by atoms with Gasteiger partial charge in [-0.2, -0.15) is 0 Å². The van der Waals surface area contributed by atoms with Crippen LogP contribution in [0.5, 0.6) is 5.75 Å². The number of benzene rings is 1. The number of hydrogen-bond acceptors (Lipinski definition) is 4. The average molecular weight is 318 g/mol. The molecular formula is C13H20BrNO3. The minimum absolute atomic E-state index is 0.0686. The third-order valence-electron chi connectivity index (χ3n) is 2.79. The molecule has 1 rings (SSSR count). The second-order valence-corrected chi connectivity index (χ2v) is 5.22. The monoisotopic (exact) mass is 317 g/mol. The van der Waals surface area contributed by atoms with E-state index in [1.165, 1.54) is 0 Å². The van der Waals surface area contributed by atoms with Crippen LogP contribution in [0, 0.1) is 6.92 Å². The fraction of sp³-hybridized carbons (Fsp3) is 0.538. The first kappa shape index (κ1) is 15.4. The molecule has 0 fully saturated rings. The molecule has 0 aliphatic rings. The first-order chi connectivity index (χ1) is 8.58. The number of nitrogens with zero attached hydrogens (tertiary/aromatic N) is 1. The van der Waals surface area contributed by atoms with Gasteiger partial charge in [-0.05, 0) is 31.0 Å². The summed E-state index contributed by atoms with van der Waals surface area (Å²) in [5, 5.41) is 27.9. The van der Waals surface area contributed by atoms with Crippen molar-refractivity contribution in [3.8, 4) is 5.75 Å². The molecule has 0 saturated carbocycles. The molecule has 0 saturated heterocycles. The highest BCUT2D eigenvalue weighted by Gasteiger charge is 2.11. The van der Waals surface area contributed by atoms with Gasteiger partial charge in [0.05, 0.1) is 6.61 Å². The molecule has 0 atom stereocenters. The van der Waals surface area contributed by atoms with Crippen LogP contribution in [0.2, 0.25) is 0 Å². The lowest BCUT2D eigenvalue weighted by Gasteiger charge is -2.22. The second-order valence-electron chi connectivity index (χ2n) is 4.31. The van der Waals surface area contributed by atoms with Crippen molar-refractivity contribution >= 4 is 15.9 Å². The zero-order valence-corrected chi connectivity index (χ0v) is 12.2. The van der Waals surface area contributed by atoms with E-state index in [-0.39, 0.29) is 13.2 Å². The van der Waals surface area contributed by atoms with Crippen LogP contribution in [0.15, 0.2) is 16.6 Å². The van der Waals surface area contributed by atoms with E-state index in [9.17, 15) is 5.11 Å². The van der Waals surface area contributed by atoms with E-state index >= 15 is 0 Å². The smallest absolute Gasteiger partial charge is 0.123 e. The minimum Gasteiger partial charge on any atom is -0.507 e. The number of rotatable bonds is 7. The van der Waals surface area contributed by atoms with Gasteiger partial charge >= 0.3 is 0 Å². The average Bonchev–Trinajstić information content (AvgIpc) is 2.32. The minimum atomic E-state index is 0.0686. The summed E-state index contributed by atoms with van der Waals surface area (Å²) in [6, 6.07) is 3.74. The van der Waals surface area contributed by atoms with Crippen molar-refractivity contribution in [3.05, 3.63) is 27.7 Å². The Morgan fingerprint density at radius 3 is 2.50 bits per heavy atom. The summed E-state index contributed by atoms with van der Waals surface area (Å²) in [6.45, 7) is 3.85. The standard InChI is InChI=1S/C13H20BrNO3/c1-10-7-12(14)8-11(13(10)18)9-15(4-6-17)3-2-5-16/h7-8,16-18H,2-6,9H2,1H3. The van der Waals surface area contributed by atoms with Crippen molar-refractivity contribution in [2.24, 2.45) is 0 Å². The number of aliphatic hydroxyl groups is 2. The van der Waals surface area contributed by atoms with E-state index in [1.807, 2.05) is 24.0 Å². The molecule has 0 radical (unpaired) electrons. The molecular weight excluding hydrogens is 298 g/mol. The van der Waals surface area contributed by atoms with Crippen LogP contribution in [0.25, 0.3) is 0 Å². The fourth-order valence-corrected chi connectivity index (χ4v) is 2.49. The Kier molecular flexibility index (Phi) is 6.63. The molecule has 4 nitrogen and oxygen atoms in total. The van der Waals surface area contributed by atoms with Crippen LogP contribution >= 0.6 is 15.9 Å². The van der Waals surface area contributed by atoms with Gasteiger partial charge in [-0.25, -0.2) is 0 Å². The van der Waals surface area contributed by atoms with Gasteiger partial charge in [0.15, 0.2) is 0 Å². The van der Waals surface area contributed by atoms with Crippen molar-refractivity contribution in [1.29, 1.82) is 0 Å². The van der Waals surface area contributed by atoms with Gasteiger partial charge < -0.3 is 15.3 Å². The van der Waals surface area contributed by atoms with E-state index in [0.717, 1.165) is 15.6 Å². The number of aromatic hydroxyl groups is 1. The Hall–Kier alpha value is -0.620. The number of hydrogen-bond donors (Lipinski definition) is 3. The van der Waals surface area contributed by atoms with E-state index in [1.54, 1.807) is 0 Å². The normalized spacial score (nSPS) is 11.2.